The number of hydrogen-bond donors (Lipinski definition) is 2. The third kappa shape index (κ3) is 4.66. The highest BCUT2D eigenvalue weighted by Gasteiger charge is 2.31. The lowest BCUT2D eigenvalue weighted by Crippen LogP contribution is -2.47. The van der Waals surface area contributed by atoms with E-state index in [1.807, 2.05) is 68.4 Å². The minimum atomic E-state index is -0.983. The Morgan fingerprint density at radius 3 is 2.35 bits per heavy atom. The number of aliphatic carboxylic acids is 1. The van der Waals surface area contributed by atoms with Crippen molar-refractivity contribution in [3.63, 3.8) is 0 Å². The maximum absolute atomic E-state index is 12.6. The molecule has 0 unspecified atom stereocenters. The number of rotatable bonds is 8. The van der Waals surface area contributed by atoms with Gasteiger partial charge >= 0.3 is 5.97 Å². The molecule has 0 aliphatic carbocycles. The minimum absolute atomic E-state index is 0.171. The molecule has 2 N–H and O–H groups in total. The lowest BCUT2D eigenvalue weighted by molar-refractivity contribution is -0.152. The highest BCUT2D eigenvalue weighted by atomic mass is 16.4. The van der Waals surface area contributed by atoms with Gasteiger partial charge in [-0.15, -0.1) is 5.10 Å². The molecule has 174 valence electrons. The first-order valence-electron chi connectivity index (χ1n) is 11.3. The van der Waals surface area contributed by atoms with E-state index in [1.54, 1.807) is 6.92 Å². The second-order valence-electron chi connectivity index (χ2n) is 8.59. The van der Waals surface area contributed by atoms with Crippen LogP contribution in [0.3, 0.4) is 0 Å². The minimum Gasteiger partial charge on any atom is -0.480 e. The summed E-state index contributed by atoms with van der Waals surface area (Å²) >= 11 is 0. The van der Waals surface area contributed by atoms with E-state index in [0.717, 1.165) is 33.0 Å². The summed E-state index contributed by atoms with van der Waals surface area (Å²) in [6.45, 7) is 5.65. The zero-order valence-corrected chi connectivity index (χ0v) is 19.4. The van der Waals surface area contributed by atoms with E-state index in [2.05, 4.69) is 26.7 Å². The van der Waals surface area contributed by atoms with Crippen LogP contribution in [-0.4, -0.2) is 48.5 Å². The van der Waals surface area contributed by atoms with Gasteiger partial charge in [0.05, 0.1) is 0 Å². The predicted octanol–water partition coefficient (Wildman–Crippen LogP) is 4.53. The monoisotopic (exact) mass is 457 g/mol. The van der Waals surface area contributed by atoms with E-state index < -0.39 is 12.0 Å². The molecule has 4 aromatic rings. The number of carboxylic acids is 1. The highest BCUT2D eigenvalue weighted by Crippen LogP contribution is 2.32. The molecule has 0 aliphatic rings. The van der Waals surface area contributed by atoms with E-state index in [4.69, 9.17) is 0 Å². The van der Waals surface area contributed by atoms with Gasteiger partial charge in [0.15, 0.2) is 5.82 Å². The smallest absolute Gasteiger partial charge is 0.326 e. The largest absolute Gasteiger partial charge is 0.480 e. The Balaban J connectivity index is 1.67. The van der Waals surface area contributed by atoms with Crippen LogP contribution in [0.5, 0.6) is 0 Å². The molecule has 34 heavy (non-hydrogen) atoms. The lowest BCUT2D eigenvalue weighted by atomic mass is 9.96. The number of H-pyrrole nitrogens is 1. The molecule has 1 amide bonds. The molecule has 0 fully saturated rings. The third-order valence-corrected chi connectivity index (χ3v) is 5.94. The molecule has 3 aromatic carbocycles. The molecule has 1 heterocycles. The second kappa shape index (κ2) is 9.82. The van der Waals surface area contributed by atoms with Crippen molar-refractivity contribution >= 4 is 22.6 Å². The number of fused-ring (bicyclic) bond motifs is 1. The Kier molecular flexibility index (Phi) is 6.67. The number of carboxylic acid groups (broad SMARTS) is 1. The molecule has 0 spiro atoms. The summed E-state index contributed by atoms with van der Waals surface area (Å²) in [6.07, 6.45) is 0.257. The highest BCUT2D eigenvalue weighted by molar-refractivity contribution is 5.91. The van der Waals surface area contributed by atoms with Gasteiger partial charge in [-0.05, 0) is 55.9 Å². The summed E-state index contributed by atoms with van der Waals surface area (Å²) in [5.41, 5.74) is 3.83. The molecule has 1 atom stereocenters. The molecule has 0 saturated carbocycles. The predicted molar refractivity (Wildman–Crippen MR) is 130 cm³/mol. The first kappa shape index (κ1) is 23.1. The number of tetrazole rings is 1. The Morgan fingerprint density at radius 2 is 1.71 bits per heavy atom. The Hall–Kier alpha value is -4.07. The number of aromatic amines is 1. The molecule has 0 radical (unpaired) electrons. The van der Waals surface area contributed by atoms with E-state index in [0.29, 0.717) is 5.82 Å². The first-order valence-corrected chi connectivity index (χ1v) is 11.3. The van der Waals surface area contributed by atoms with Gasteiger partial charge in [-0.2, -0.15) is 0 Å². The van der Waals surface area contributed by atoms with Gasteiger partial charge in [0.1, 0.15) is 6.04 Å². The van der Waals surface area contributed by atoms with Crippen molar-refractivity contribution < 1.29 is 14.7 Å². The second-order valence-corrected chi connectivity index (χ2v) is 8.59. The van der Waals surface area contributed by atoms with Crippen molar-refractivity contribution in [1.82, 2.24) is 25.5 Å². The zero-order chi connectivity index (χ0) is 24.2. The SMILES string of the molecule is CCC(=O)N(Cc1ccc2cc(-c3ccccc3-c3nnn[nH]3)ccc2c1)[C@H](C(=O)O)C(C)C. The fraction of sp³-hybridized carbons (Fsp3) is 0.269. The normalized spacial score (nSPS) is 12.1. The average molecular weight is 458 g/mol. The number of nitrogens with one attached hydrogen (secondary N) is 1. The standard InChI is InChI=1S/C26H27N5O3/c1-4-23(32)31(24(16(2)3)26(33)34)15-17-9-10-19-14-20(12-11-18(19)13-17)21-7-5-6-8-22(21)25-27-29-30-28-25/h5-14,16,24H,4,15H2,1-3H3,(H,33,34)(H,27,28,29,30)/t24-/m0/s1. The first-order chi connectivity index (χ1) is 16.4. The van der Waals surface area contributed by atoms with Crippen molar-refractivity contribution in [3.05, 3.63) is 66.2 Å². The van der Waals surface area contributed by atoms with E-state index in [-0.39, 0.29) is 24.8 Å². The maximum Gasteiger partial charge on any atom is 0.326 e. The van der Waals surface area contributed by atoms with E-state index in [1.165, 1.54) is 4.90 Å². The summed E-state index contributed by atoms with van der Waals surface area (Å²) in [5.74, 6) is -0.751. The Labute approximate surface area is 197 Å². The molecule has 0 bridgehead atoms. The summed E-state index contributed by atoms with van der Waals surface area (Å²) in [6, 6.07) is 19.2. The molecule has 8 nitrogen and oxygen atoms in total. The number of hydrogen-bond acceptors (Lipinski definition) is 5. The van der Waals surface area contributed by atoms with Gasteiger partial charge in [0.2, 0.25) is 5.91 Å². The Bertz CT molecular complexity index is 1320. The summed E-state index contributed by atoms with van der Waals surface area (Å²) in [7, 11) is 0. The van der Waals surface area contributed by atoms with Crippen molar-refractivity contribution in [2.45, 2.75) is 39.8 Å². The molecule has 8 heteroatoms. The van der Waals surface area contributed by atoms with Crippen LogP contribution >= 0.6 is 0 Å². The Morgan fingerprint density at radius 1 is 1.00 bits per heavy atom. The maximum atomic E-state index is 12.6. The van der Waals surface area contributed by atoms with Crippen molar-refractivity contribution in [3.8, 4) is 22.5 Å². The van der Waals surface area contributed by atoms with E-state index in [9.17, 15) is 14.7 Å². The van der Waals surface area contributed by atoms with Gasteiger partial charge < -0.3 is 10.0 Å². The van der Waals surface area contributed by atoms with E-state index >= 15 is 0 Å². The number of aromatic nitrogens is 4. The van der Waals surface area contributed by atoms with Crippen LogP contribution in [0, 0.1) is 5.92 Å². The number of nitrogens with zero attached hydrogens (tertiary/aromatic N) is 4. The van der Waals surface area contributed by atoms with Crippen LogP contribution in [0.25, 0.3) is 33.3 Å². The lowest BCUT2D eigenvalue weighted by Gasteiger charge is -2.31. The van der Waals surface area contributed by atoms with Gasteiger partial charge in [0.25, 0.3) is 0 Å². The average Bonchev–Trinajstić information content (AvgIpc) is 3.37. The van der Waals surface area contributed by atoms with Crippen LogP contribution in [0.15, 0.2) is 60.7 Å². The number of carbonyl (C=O) groups excluding carboxylic acids is 1. The number of carbonyl (C=O) groups is 2. The third-order valence-electron chi connectivity index (χ3n) is 5.94. The van der Waals surface area contributed by atoms with Gasteiger partial charge in [-0.3, -0.25) is 4.79 Å². The molecule has 1 aromatic heterocycles. The van der Waals surface area contributed by atoms with Gasteiger partial charge in [-0.25, -0.2) is 9.89 Å². The number of benzene rings is 3. The molecule has 0 aliphatic heterocycles. The summed E-state index contributed by atoms with van der Waals surface area (Å²) < 4.78 is 0. The summed E-state index contributed by atoms with van der Waals surface area (Å²) in [5, 5.41) is 26.0. The van der Waals surface area contributed by atoms with Crippen molar-refractivity contribution in [2.75, 3.05) is 0 Å². The van der Waals surface area contributed by atoms with Gasteiger partial charge in [-0.1, -0.05) is 69.3 Å². The molecular formula is C26H27N5O3. The topological polar surface area (TPSA) is 112 Å². The van der Waals surface area contributed by atoms with Crippen LogP contribution < -0.4 is 0 Å². The van der Waals surface area contributed by atoms with Crippen LogP contribution in [0.4, 0.5) is 0 Å². The summed E-state index contributed by atoms with van der Waals surface area (Å²) in [4.78, 5) is 26.0. The van der Waals surface area contributed by atoms with Crippen molar-refractivity contribution in [1.29, 1.82) is 0 Å². The van der Waals surface area contributed by atoms with Gasteiger partial charge in [0, 0.05) is 18.5 Å². The fourth-order valence-electron chi connectivity index (χ4n) is 4.30. The molecule has 4 rings (SSSR count). The molecule has 0 saturated heterocycles. The zero-order valence-electron chi connectivity index (χ0n) is 19.4. The van der Waals surface area contributed by atoms with Crippen LogP contribution in [-0.2, 0) is 16.1 Å². The van der Waals surface area contributed by atoms with Crippen LogP contribution in [0.2, 0.25) is 0 Å². The quantitative estimate of drug-likeness (QED) is 0.402. The number of amides is 1. The van der Waals surface area contributed by atoms with Crippen molar-refractivity contribution in [2.24, 2.45) is 5.92 Å². The van der Waals surface area contributed by atoms with Crippen LogP contribution in [0.1, 0.15) is 32.8 Å². The molecular weight excluding hydrogens is 430 g/mol. The fourth-order valence-corrected chi connectivity index (χ4v) is 4.30.